The van der Waals surface area contributed by atoms with E-state index in [1.54, 1.807) is 6.07 Å². The zero-order valence-electron chi connectivity index (χ0n) is 17.6. The van der Waals surface area contributed by atoms with Crippen molar-refractivity contribution in [1.29, 1.82) is 5.26 Å². The predicted octanol–water partition coefficient (Wildman–Crippen LogP) is 0.635. The number of halogens is 4. The van der Waals surface area contributed by atoms with Crippen LogP contribution in [-0.4, -0.2) is 35.3 Å². The van der Waals surface area contributed by atoms with Crippen LogP contribution in [0.1, 0.15) is 40.9 Å². The number of nitriles is 1. The average Bonchev–Trinajstić information content (AvgIpc) is 2.75. The van der Waals surface area contributed by atoms with Gasteiger partial charge in [0.05, 0.1) is 17.3 Å². The summed E-state index contributed by atoms with van der Waals surface area (Å²) in [6, 6.07) is 8.30. The quantitative estimate of drug-likeness (QED) is 0.212. The average molecular weight is 503 g/mol. The molecule has 0 spiro atoms. The summed E-state index contributed by atoms with van der Waals surface area (Å²) < 4.78 is 50.0. The molecule has 2 aromatic rings. The van der Waals surface area contributed by atoms with Gasteiger partial charge in [-0.15, -0.1) is 11.8 Å². The first-order valence-electron chi connectivity index (χ1n) is 9.06. The number of pyridine rings is 1. The Morgan fingerprint density at radius 3 is 2.45 bits per heavy atom. The number of carbonyl (C=O) groups excluding carboxylic acids is 2. The van der Waals surface area contributed by atoms with E-state index in [2.05, 4.69) is 21.9 Å². The van der Waals surface area contributed by atoms with Gasteiger partial charge < -0.3 is 15.0 Å². The number of carbonyl (C=O) groups is 1. The van der Waals surface area contributed by atoms with Crippen LogP contribution in [0.15, 0.2) is 30.5 Å². The molecule has 168 valence electrons. The van der Waals surface area contributed by atoms with Gasteiger partial charge in [0.2, 0.25) is 0 Å². The number of thiocarbonyl (C=S) groups is 1. The summed E-state index contributed by atoms with van der Waals surface area (Å²) in [6.45, 7) is 0. The van der Waals surface area contributed by atoms with E-state index in [4.69, 9.17) is 17.5 Å². The number of nitrogens with one attached hydrogen (secondary N) is 1. The number of hydrogen-bond acceptors (Lipinski definition) is 5. The fraction of sp³-hybridized carbons (Fsp3) is 0.286. The molecule has 1 aromatic carbocycles. The van der Waals surface area contributed by atoms with Gasteiger partial charge in [0.15, 0.2) is 0 Å². The molecule has 0 atom stereocenters. The maximum absolute atomic E-state index is 14.0. The minimum absolute atomic E-state index is 0. The predicted molar refractivity (Wildman–Crippen MR) is 110 cm³/mol. The van der Waals surface area contributed by atoms with Crippen molar-refractivity contribution < 1.29 is 78.5 Å². The topological polar surface area (TPSA) is 86.1 Å². The third-order valence-electron chi connectivity index (χ3n) is 4.73. The largest absolute Gasteiger partial charge is 1.00 e. The van der Waals surface area contributed by atoms with E-state index in [1.165, 1.54) is 30.1 Å². The van der Waals surface area contributed by atoms with Crippen LogP contribution < -0.4 is 61.6 Å². The molecular weight excluding hydrogens is 487 g/mol. The summed E-state index contributed by atoms with van der Waals surface area (Å²) in [5, 5.41) is 10.6. The number of hydrogen-bond donors (Lipinski definition) is 1. The number of alkyl halides is 3. The Hall–Kier alpha value is -1.75. The zero-order chi connectivity index (χ0) is 23.9. The van der Waals surface area contributed by atoms with E-state index in [0.29, 0.717) is 24.6 Å². The van der Waals surface area contributed by atoms with E-state index in [9.17, 15) is 27.2 Å². The van der Waals surface area contributed by atoms with Crippen molar-refractivity contribution in [3.8, 4) is 6.07 Å². The van der Waals surface area contributed by atoms with Gasteiger partial charge in [0.25, 0.3) is 5.91 Å². The van der Waals surface area contributed by atoms with Crippen LogP contribution in [0.5, 0.6) is 0 Å². The molecular formula is C21H15F4KN4O2S-2. The molecule has 1 N–H and O–H groups in total. The summed E-state index contributed by atoms with van der Waals surface area (Å²) in [5.74, 6) is -1.18. The second kappa shape index (κ2) is 12.6. The van der Waals surface area contributed by atoms with Crippen LogP contribution in [0.25, 0.3) is 0 Å². The Bertz CT molecular complexity index is 1060. The minimum Gasteiger partial charge on any atom is -0.540 e. The zero-order valence-corrected chi connectivity index (χ0v) is 21.5. The van der Waals surface area contributed by atoms with Gasteiger partial charge in [-0.2, -0.15) is 18.4 Å². The molecule has 6 nitrogen and oxygen atoms in total. The first-order chi connectivity index (χ1) is 15.1. The monoisotopic (exact) mass is 502 g/mol. The van der Waals surface area contributed by atoms with Gasteiger partial charge in [-0.05, 0) is 0 Å². The fourth-order valence-corrected chi connectivity index (χ4v) is 3.18. The first kappa shape index (κ1) is 29.3. The summed E-state index contributed by atoms with van der Waals surface area (Å²) in [6.07, 6.45) is 0.578. The molecule has 1 amide bonds. The second-order valence-corrected chi connectivity index (χ2v) is 6.78. The molecule has 12 heteroatoms. The van der Waals surface area contributed by atoms with Crippen LogP contribution in [0, 0.1) is 23.2 Å². The molecule has 1 aliphatic rings. The van der Waals surface area contributed by atoms with Crippen LogP contribution in [-0.2, 0) is 11.0 Å². The number of amides is 1. The number of aromatic nitrogens is 1. The van der Waals surface area contributed by atoms with Crippen LogP contribution in [0.2, 0.25) is 0 Å². The molecule has 1 saturated carbocycles. The molecule has 1 aromatic heterocycles. The van der Waals surface area contributed by atoms with Crippen LogP contribution in [0.3, 0.4) is 0 Å². The summed E-state index contributed by atoms with van der Waals surface area (Å²) >= 11 is 4.82. The van der Waals surface area contributed by atoms with Crippen LogP contribution in [0.4, 0.5) is 23.2 Å². The van der Waals surface area contributed by atoms with E-state index in [-0.39, 0.29) is 56.9 Å². The number of benzene rings is 1. The third-order valence-corrected chi connectivity index (χ3v) is 4.92. The Kier molecular flexibility index (Phi) is 11.2. The smallest absolute Gasteiger partial charge is 0.540 e. The number of anilines is 1. The van der Waals surface area contributed by atoms with Crippen molar-refractivity contribution in [1.82, 2.24) is 10.3 Å². The fourth-order valence-electron chi connectivity index (χ4n) is 2.90. The maximum Gasteiger partial charge on any atom is 1.00 e. The molecule has 0 radical (unpaired) electrons. The van der Waals surface area contributed by atoms with E-state index in [1.807, 2.05) is 6.29 Å². The molecule has 1 fully saturated rings. The van der Waals surface area contributed by atoms with Crippen molar-refractivity contribution in [2.75, 3.05) is 11.9 Å². The van der Waals surface area contributed by atoms with Crippen molar-refractivity contribution >= 4 is 35.6 Å². The van der Waals surface area contributed by atoms with E-state index in [0.717, 1.165) is 12.6 Å². The summed E-state index contributed by atoms with van der Waals surface area (Å²) in [5.41, 5.74) is 0.311. The Labute approximate surface area is 235 Å². The van der Waals surface area contributed by atoms with Gasteiger partial charge in [0.1, 0.15) is 5.82 Å². The maximum atomic E-state index is 14.0. The molecule has 1 aliphatic carbocycles. The van der Waals surface area contributed by atoms with Gasteiger partial charge in [-0.25, -0.2) is 35.0 Å². The molecule has 0 aliphatic heterocycles. The van der Waals surface area contributed by atoms with Crippen LogP contribution >= 0.6 is 12.2 Å². The Morgan fingerprint density at radius 1 is 1.39 bits per heavy atom. The standard InChI is InChI=1S/C14H13FN2O2S.C7H2F3N2.K/c1-16-13(19)11-4-3-10(7-12(11)15)17(9-20)14(8-18)5-2-6-14;8-7(9,10)5-2-1-3-12-6(5)4-11;/h3-4,7H,2,5-6H2,1H3,(H,16,19);2-3H;/q-2;-1;+1. The molecule has 0 bridgehead atoms. The van der Waals surface area contributed by atoms with Gasteiger partial charge in [0, 0.05) is 7.05 Å². The Morgan fingerprint density at radius 2 is 2.06 bits per heavy atom. The van der Waals surface area contributed by atoms with Gasteiger partial charge in [-0.3, -0.25) is 9.78 Å². The SMILES string of the molecule is CNC(=O)c1ccc(N([C-]=S)C2([C-]=O)CCC2)cc1F.N#Cc1nc[c-]cc1C(F)(F)F.[K+]. The van der Waals surface area contributed by atoms with Gasteiger partial charge in [-0.1, -0.05) is 54.2 Å². The van der Waals surface area contributed by atoms with Crippen molar-refractivity contribution in [2.45, 2.75) is 31.0 Å². The molecule has 33 heavy (non-hydrogen) atoms. The Balaban J connectivity index is 0.000000361. The molecule has 0 saturated heterocycles. The van der Waals surface area contributed by atoms with Crippen molar-refractivity contribution in [3.05, 3.63) is 59.2 Å². The number of rotatable bonds is 5. The third kappa shape index (κ3) is 6.88. The van der Waals surface area contributed by atoms with E-state index < -0.39 is 34.7 Å². The normalized spacial score (nSPS) is 13.6. The minimum atomic E-state index is -4.53. The number of nitrogens with zero attached hydrogens (tertiary/aromatic N) is 3. The molecule has 3 rings (SSSR count). The first-order valence-corrected chi connectivity index (χ1v) is 9.46. The van der Waals surface area contributed by atoms with E-state index >= 15 is 0 Å². The van der Waals surface area contributed by atoms with Crippen molar-refractivity contribution in [2.24, 2.45) is 0 Å². The van der Waals surface area contributed by atoms with Crippen molar-refractivity contribution in [3.63, 3.8) is 0 Å². The molecule has 0 unspecified atom stereocenters. The van der Waals surface area contributed by atoms with Gasteiger partial charge >= 0.3 is 57.6 Å². The second-order valence-electron chi connectivity index (χ2n) is 6.60. The summed E-state index contributed by atoms with van der Waals surface area (Å²) in [7, 11) is 1.43. The summed E-state index contributed by atoms with van der Waals surface area (Å²) in [4.78, 5) is 27.3. The molecule has 1 heterocycles.